The topological polar surface area (TPSA) is 327 Å². The summed E-state index contributed by atoms with van der Waals surface area (Å²) in [6.07, 6.45) is -3.90. The third-order valence-electron chi connectivity index (χ3n) is 2.86. The van der Waals surface area contributed by atoms with E-state index in [2.05, 4.69) is 0 Å². The van der Waals surface area contributed by atoms with Crippen molar-refractivity contribution < 1.29 is 61.5 Å². The number of rotatable bonds is 9. The number of carbonyl (C=O) groups is 4. The van der Waals surface area contributed by atoms with E-state index in [0.717, 1.165) is 0 Å². The Morgan fingerprint density at radius 2 is 0.680 bits per heavy atom. The molecule has 0 aliphatic heterocycles. The van der Waals surface area contributed by atoms with E-state index in [0.29, 0.717) is 0 Å². The van der Waals surface area contributed by atoms with Crippen LogP contribution in [0.15, 0.2) is 0 Å². The molecule has 0 aliphatic rings. The molecule has 0 aromatic rings. The van der Waals surface area contributed by atoms with Crippen molar-refractivity contribution in [3.05, 3.63) is 0 Å². The SMILES string of the molecule is NC(CC(=O)O)(CC(=O)O)C(N)(CC(=O)O)CC(=O)O.O.O.O.O.[NaH]. The van der Waals surface area contributed by atoms with Gasteiger partial charge in [0.25, 0.3) is 0 Å². The van der Waals surface area contributed by atoms with Crippen LogP contribution in [0.1, 0.15) is 25.7 Å². The van der Waals surface area contributed by atoms with Gasteiger partial charge in [0.1, 0.15) is 0 Å². The van der Waals surface area contributed by atoms with Gasteiger partial charge in [0.2, 0.25) is 0 Å². The molecule has 0 aromatic heterocycles. The number of aliphatic carboxylic acids is 4. The van der Waals surface area contributed by atoms with E-state index in [1.165, 1.54) is 0 Å². The summed E-state index contributed by atoms with van der Waals surface area (Å²) in [4.78, 5) is 43.2. The molecule has 0 fully saturated rings. The van der Waals surface area contributed by atoms with E-state index < -0.39 is 60.6 Å². The van der Waals surface area contributed by atoms with Crippen LogP contribution < -0.4 is 11.5 Å². The standard InChI is InChI=1S/C10H16N2O8.Na.4H2O.H/c11-9(1-5(13)14,2-6(15)16)10(12,3-7(17)18)4-8(19)20;;;;;;/h1-4,11-12H2,(H,13,14)(H,15,16)(H,17,18)(H,19,20);;4*1H2;. The summed E-state index contributed by atoms with van der Waals surface area (Å²) in [6, 6.07) is 0. The number of carboxylic acid groups (broad SMARTS) is 4. The molecule has 25 heavy (non-hydrogen) atoms. The van der Waals surface area contributed by atoms with Crippen molar-refractivity contribution in [2.45, 2.75) is 36.8 Å². The molecule has 0 aromatic carbocycles. The molecule has 0 radical (unpaired) electrons. The Kier molecular flexibility index (Phi) is 23.3. The summed E-state index contributed by atoms with van der Waals surface area (Å²) < 4.78 is 0. The summed E-state index contributed by atoms with van der Waals surface area (Å²) in [5, 5.41) is 35.1. The van der Waals surface area contributed by atoms with Crippen molar-refractivity contribution in [3.8, 4) is 0 Å². The molecule has 0 spiro atoms. The molecule has 0 aliphatic carbocycles. The first kappa shape index (κ1) is 38.9. The Morgan fingerprint density at radius 1 is 0.560 bits per heavy atom. The number of carboxylic acids is 4. The van der Waals surface area contributed by atoms with Gasteiger partial charge >= 0.3 is 53.4 Å². The second-order valence-corrected chi connectivity index (χ2v) is 4.59. The predicted molar refractivity (Wildman–Crippen MR) is 84.5 cm³/mol. The molecule has 0 amide bonds. The van der Waals surface area contributed by atoms with E-state index in [9.17, 15) is 19.2 Å². The van der Waals surface area contributed by atoms with Crippen LogP contribution in [0.2, 0.25) is 0 Å². The van der Waals surface area contributed by atoms with Gasteiger partial charge < -0.3 is 53.8 Å². The number of hydrogen-bond donors (Lipinski definition) is 6. The molecule has 0 atom stereocenters. The zero-order valence-electron chi connectivity index (χ0n) is 12.4. The van der Waals surface area contributed by atoms with E-state index in [1.807, 2.05) is 0 Å². The maximum absolute atomic E-state index is 10.8. The Labute approximate surface area is 163 Å². The first-order valence-corrected chi connectivity index (χ1v) is 5.37. The Hall–Kier alpha value is -1.36. The molecule has 0 heterocycles. The molecule has 0 saturated carbocycles. The van der Waals surface area contributed by atoms with Gasteiger partial charge in [0, 0.05) is 0 Å². The van der Waals surface area contributed by atoms with Gasteiger partial charge in [-0.25, -0.2) is 0 Å². The second-order valence-electron chi connectivity index (χ2n) is 4.59. The van der Waals surface area contributed by atoms with E-state index in [-0.39, 0.29) is 51.5 Å². The van der Waals surface area contributed by atoms with Gasteiger partial charge in [-0.1, -0.05) is 0 Å². The monoisotopic (exact) mass is 388 g/mol. The van der Waals surface area contributed by atoms with Crippen molar-refractivity contribution in [1.29, 1.82) is 0 Å². The molecule has 16 N–H and O–H groups in total. The van der Waals surface area contributed by atoms with Crippen LogP contribution in [0, 0.1) is 0 Å². The molecular weight excluding hydrogens is 363 g/mol. The summed E-state index contributed by atoms with van der Waals surface area (Å²) in [6.45, 7) is 0. The minimum absolute atomic E-state index is 0. The molecule has 0 unspecified atom stereocenters. The third-order valence-corrected chi connectivity index (χ3v) is 2.86. The van der Waals surface area contributed by atoms with Crippen LogP contribution >= 0.6 is 0 Å². The summed E-state index contributed by atoms with van der Waals surface area (Å²) in [5.74, 6) is -6.06. The summed E-state index contributed by atoms with van der Waals surface area (Å²) >= 11 is 0. The van der Waals surface area contributed by atoms with E-state index in [1.54, 1.807) is 0 Å². The van der Waals surface area contributed by atoms with Crippen molar-refractivity contribution in [2.75, 3.05) is 0 Å². The number of hydrogen-bond acceptors (Lipinski definition) is 6. The molecule has 0 bridgehead atoms. The Balaban J connectivity index is -0.000000180. The van der Waals surface area contributed by atoms with Gasteiger partial charge in [-0.3, -0.25) is 19.2 Å². The summed E-state index contributed by atoms with van der Waals surface area (Å²) in [7, 11) is 0. The first-order valence-electron chi connectivity index (χ1n) is 5.37. The Bertz CT molecular complexity index is 372. The zero-order valence-corrected chi connectivity index (χ0v) is 12.4. The first-order chi connectivity index (χ1) is 8.92. The molecule has 14 nitrogen and oxygen atoms in total. The fourth-order valence-electron chi connectivity index (χ4n) is 1.91. The van der Waals surface area contributed by atoms with Crippen molar-refractivity contribution >= 4 is 53.4 Å². The normalized spacial score (nSPS) is 9.52. The average molecular weight is 388 g/mol. The summed E-state index contributed by atoms with van der Waals surface area (Å²) in [5.41, 5.74) is 6.88. The van der Waals surface area contributed by atoms with Gasteiger partial charge in [-0.05, 0) is 0 Å². The van der Waals surface area contributed by atoms with Gasteiger partial charge in [-0.15, -0.1) is 0 Å². The molecular formula is C10H25N2NaO12. The van der Waals surface area contributed by atoms with Crippen molar-refractivity contribution in [1.82, 2.24) is 0 Å². The average Bonchev–Trinajstić information content (AvgIpc) is 2.10. The van der Waals surface area contributed by atoms with E-state index in [4.69, 9.17) is 31.9 Å². The number of nitrogens with two attached hydrogens (primary N) is 2. The van der Waals surface area contributed by atoms with Gasteiger partial charge in [0.05, 0.1) is 36.8 Å². The fourth-order valence-corrected chi connectivity index (χ4v) is 1.91. The maximum atomic E-state index is 10.8. The van der Waals surface area contributed by atoms with Crippen LogP contribution in [0.3, 0.4) is 0 Å². The van der Waals surface area contributed by atoms with Crippen LogP contribution in [0.25, 0.3) is 0 Å². The fraction of sp³-hybridized carbons (Fsp3) is 0.600. The predicted octanol–water partition coefficient (Wildman–Crippen LogP) is -5.67. The molecule has 15 heteroatoms. The molecule has 0 saturated heterocycles. The van der Waals surface area contributed by atoms with Crippen LogP contribution in [0.5, 0.6) is 0 Å². The van der Waals surface area contributed by atoms with Crippen molar-refractivity contribution in [3.63, 3.8) is 0 Å². The quantitative estimate of drug-likeness (QED) is 0.203. The van der Waals surface area contributed by atoms with Gasteiger partial charge in [-0.2, -0.15) is 0 Å². The van der Waals surface area contributed by atoms with Crippen LogP contribution in [-0.2, 0) is 19.2 Å². The minimum atomic E-state index is -2.22. The van der Waals surface area contributed by atoms with Crippen LogP contribution in [0.4, 0.5) is 0 Å². The van der Waals surface area contributed by atoms with Gasteiger partial charge in [0.15, 0.2) is 0 Å². The molecule has 0 rings (SSSR count). The van der Waals surface area contributed by atoms with Crippen molar-refractivity contribution in [2.24, 2.45) is 11.5 Å². The Morgan fingerprint density at radius 3 is 0.760 bits per heavy atom. The molecule has 148 valence electrons. The third kappa shape index (κ3) is 12.6. The zero-order chi connectivity index (χ0) is 16.1. The van der Waals surface area contributed by atoms with E-state index >= 15 is 0 Å². The van der Waals surface area contributed by atoms with Crippen LogP contribution in [-0.4, -0.2) is 107 Å². The second kappa shape index (κ2) is 14.9.